The van der Waals surface area contributed by atoms with E-state index in [1.54, 1.807) is 6.92 Å². The summed E-state index contributed by atoms with van der Waals surface area (Å²) in [5, 5.41) is 18.0. The van der Waals surface area contributed by atoms with Gasteiger partial charge in [0.05, 0.1) is 14.0 Å². The molecule has 0 aliphatic carbocycles. The standard InChI is InChI=1S/C11H22O3Si/c1-9(10(12)13)8-11(15(2)3)6-4-5-7-14-11/h12-13,15H,4-8H2,1-3H3. The Morgan fingerprint density at radius 1 is 1.33 bits per heavy atom. The van der Waals surface area contributed by atoms with Gasteiger partial charge in [-0.25, -0.2) is 0 Å². The van der Waals surface area contributed by atoms with Gasteiger partial charge in [-0.05, 0) is 26.2 Å². The Morgan fingerprint density at radius 3 is 2.40 bits per heavy atom. The van der Waals surface area contributed by atoms with Gasteiger partial charge in [0.2, 0.25) is 0 Å². The predicted octanol–water partition coefficient (Wildman–Crippen LogP) is 2.69. The molecule has 0 saturated carbocycles. The number of ether oxygens (including phenoxy) is 1. The fraction of sp³-hybridized carbons (Fsp3) is 0.818. The molecule has 0 bridgehead atoms. The van der Waals surface area contributed by atoms with Crippen molar-refractivity contribution in [3.63, 3.8) is 0 Å². The van der Waals surface area contributed by atoms with Gasteiger partial charge in [0.15, 0.2) is 0 Å². The van der Waals surface area contributed by atoms with Crippen molar-refractivity contribution in [2.75, 3.05) is 6.61 Å². The molecule has 1 rings (SSSR count). The average Bonchev–Trinajstić information content (AvgIpc) is 2.18. The van der Waals surface area contributed by atoms with Gasteiger partial charge in [0.1, 0.15) is 0 Å². The molecule has 1 fully saturated rings. The Morgan fingerprint density at radius 2 is 2.00 bits per heavy atom. The molecule has 1 aliphatic heterocycles. The first-order valence-electron chi connectivity index (χ1n) is 5.69. The summed E-state index contributed by atoms with van der Waals surface area (Å²) < 4.78 is 5.95. The second kappa shape index (κ2) is 5.03. The molecule has 1 saturated heterocycles. The van der Waals surface area contributed by atoms with Crippen LogP contribution in [0.25, 0.3) is 0 Å². The van der Waals surface area contributed by atoms with Crippen molar-refractivity contribution in [1.82, 2.24) is 0 Å². The van der Waals surface area contributed by atoms with Crippen molar-refractivity contribution < 1.29 is 14.9 Å². The Kier molecular flexibility index (Phi) is 4.22. The molecule has 0 radical (unpaired) electrons. The first-order valence-corrected chi connectivity index (χ1v) is 8.58. The lowest BCUT2D eigenvalue weighted by Gasteiger charge is -2.40. The van der Waals surface area contributed by atoms with Crippen LogP contribution in [-0.4, -0.2) is 30.8 Å². The minimum atomic E-state index is -0.964. The maximum atomic E-state index is 9.04. The van der Waals surface area contributed by atoms with E-state index in [1.165, 1.54) is 6.42 Å². The van der Waals surface area contributed by atoms with E-state index < -0.39 is 14.7 Å². The van der Waals surface area contributed by atoms with Gasteiger partial charge in [-0.15, -0.1) is 0 Å². The Balaban J connectivity index is 2.78. The molecule has 1 unspecified atom stereocenters. The van der Waals surface area contributed by atoms with E-state index in [0.717, 1.165) is 19.4 Å². The SMILES string of the molecule is CC(CC1([SiH](C)C)CCCCO1)=C(O)O. The van der Waals surface area contributed by atoms with Gasteiger partial charge >= 0.3 is 0 Å². The fourth-order valence-corrected chi connectivity index (χ4v) is 4.15. The molecule has 1 aliphatic rings. The minimum Gasteiger partial charge on any atom is -0.481 e. The number of aliphatic hydroxyl groups is 2. The van der Waals surface area contributed by atoms with Crippen molar-refractivity contribution in [1.29, 1.82) is 0 Å². The van der Waals surface area contributed by atoms with Crippen molar-refractivity contribution in [2.45, 2.75) is 50.9 Å². The van der Waals surface area contributed by atoms with Crippen LogP contribution in [0.3, 0.4) is 0 Å². The topological polar surface area (TPSA) is 49.7 Å². The molecule has 4 heteroatoms. The molecule has 2 N–H and O–H groups in total. The normalized spacial score (nSPS) is 26.7. The summed E-state index contributed by atoms with van der Waals surface area (Å²) in [7, 11) is -0.964. The molecule has 15 heavy (non-hydrogen) atoms. The van der Waals surface area contributed by atoms with Gasteiger partial charge in [0.25, 0.3) is 5.95 Å². The largest absolute Gasteiger partial charge is 0.481 e. The van der Waals surface area contributed by atoms with Crippen LogP contribution in [0.1, 0.15) is 32.6 Å². The van der Waals surface area contributed by atoms with Crippen LogP contribution in [0.5, 0.6) is 0 Å². The first kappa shape index (κ1) is 12.6. The van der Waals surface area contributed by atoms with Gasteiger partial charge in [0, 0.05) is 18.6 Å². The first-order chi connectivity index (χ1) is 6.98. The zero-order valence-corrected chi connectivity index (χ0v) is 11.1. The van der Waals surface area contributed by atoms with Crippen LogP contribution in [0.2, 0.25) is 13.1 Å². The summed E-state index contributed by atoms with van der Waals surface area (Å²) in [6, 6.07) is 0. The summed E-state index contributed by atoms with van der Waals surface area (Å²) in [5.74, 6) is -0.529. The third-order valence-electron chi connectivity index (χ3n) is 3.38. The van der Waals surface area contributed by atoms with Crippen molar-refractivity contribution >= 4 is 8.80 Å². The van der Waals surface area contributed by atoms with Gasteiger partial charge < -0.3 is 14.9 Å². The molecule has 0 aromatic carbocycles. The highest BCUT2D eigenvalue weighted by Gasteiger charge is 2.37. The van der Waals surface area contributed by atoms with E-state index in [2.05, 4.69) is 13.1 Å². The summed E-state index contributed by atoms with van der Waals surface area (Å²) in [6.07, 6.45) is 4.09. The second-order valence-electron chi connectivity index (χ2n) is 4.81. The lowest BCUT2D eigenvalue weighted by molar-refractivity contribution is -0.0235. The molecule has 88 valence electrons. The van der Waals surface area contributed by atoms with Crippen molar-refractivity contribution in [3.05, 3.63) is 11.5 Å². The summed E-state index contributed by atoms with van der Waals surface area (Å²) in [6.45, 7) is 7.14. The van der Waals surface area contributed by atoms with Gasteiger partial charge in [-0.3, -0.25) is 0 Å². The Bertz CT molecular complexity index is 238. The van der Waals surface area contributed by atoms with Crippen molar-refractivity contribution in [2.24, 2.45) is 0 Å². The molecular formula is C11H22O3Si. The maximum Gasteiger partial charge on any atom is 0.273 e. The van der Waals surface area contributed by atoms with Crippen LogP contribution in [0.4, 0.5) is 0 Å². The Labute approximate surface area is 93.4 Å². The van der Waals surface area contributed by atoms with Crippen LogP contribution in [-0.2, 0) is 4.74 Å². The minimum absolute atomic E-state index is 0.0565. The fourth-order valence-electron chi connectivity index (χ4n) is 2.20. The third-order valence-corrected chi connectivity index (χ3v) is 6.15. The molecule has 1 heterocycles. The molecule has 0 aromatic rings. The van der Waals surface area contributed by atoms with E-state index in [-0.39, 0.29) is 5.22 Å². The lowest BCUT2D eigenvalue weighted by atomic mass is 10.0. The molecule has 1 atom stereocenters. The number of hydrogen-bond acceptors (Lipinski definition) is 3. The van der Waals surface area contributed by atoms with E-state index in [9.17, 15) is 0 Å². The number of hydrogen-bond donors (Lipinski definition) is 2. The maximum absolute atomic E-state index is 9.04. The van der Waals surface area contributed by atoms with Gasteiger partial charge in [-0.2, -0.15) is 0 Å². The summed E-state index contributed by atoms with van der Waals surface area (Å²) in [4.78, 5) is 0. The van der Waals surface area contributed by atoms with Crippen LogP contribution in [0.15, 0.2) is 11.5 Å². The Hall–Kier alpha value is -0.483. The highest BCUT2D eigenvalue weighted by molar-refractivity contribution is 6.59. The average molecular weight is 230 g/mol. The highest BCUT2D eigenvalue weighted by atomic mass is 28.3. The molecule has 3 nitrogen and oxygen atoms in total. The molecule has 0 aromatic heterocycles. The molecular weight excluding hydrogens is 208 g/mol. The predicted molar refractivity (Wildman–Crippen MR) is 64.0 cm³/mol. The second-order valence-corrected chi connectivity index (χ2v) is 8.17. The van der Waals surface area contributed by atoms with Crippen molar-refractivity contribution in [3.8, 4) is 0 Å². The van der Waals surface area contributed by atoms with E-state index >= 15 is 0 Å². The van der Waals surface area contributed by atoms with E-state index in [0.29, 0.717) is 12.0 Å². The monoisotopic (exact) mass is 230 g/mol. The number of rotatable bonds is 3. The third kappa shape index (κ3) is 2.98. The molecule has 0 spiro atoms. The quantitative estimate of drug-likeness (QED) is 0.579. The van der Waals surface area contributed by atoms with Crippen LogP contribution >= 0.6 is 0 Å². The van der Waals surface area contributed by atoms with E-state index in [4.69, 9.17) is 14.9 Å². The van der Waals surface area contributed by atoms with Crippen LogP contribution < -0.4 is 0 Å². The molecule has 0 amide bonds. The van der Waals surface area contributed by atoms with Crippen LogP contribution in [0, 0.1) is 0 Å². The lowest BCUT2D eigenvalue weighted by Crippen LogP contribution is -2.47. The highest BCUT2D eigenvalue weighted by Crippen LogP contribution is 2.33. The summed E-state index contributed by atoms with van der Waals surface area (Å²) >= 11 is 0. The zero-order valence-electron chi connectivity index (χ0n) is 9.92. The summed E-state index contributed by atoms with van der Waals surface area (Å²) in [5.41, 5.74) is 0.651. The number of aliphatic hydroxyl groups excluding tert-OH is 1. The smallest absolute Gasteiger partial charge is 0.273 e. The van der Waals surface area contributed by atoms with Gasteiger partial charge in [-0.1, -0.05) is 13.1 Å². The zero-order chi connectivity index (χ0) is 11.5. The van der Waals surface area contributed by atoms with E-state index in [1.807, 2.05) is 0 Å².